The minimum Gasteiger partial charge on any atom is -0.455 e. The molecule has 5 atom stereocenters. The molecule has 1 saturated heterocycles. The third kappa shape index (κ3) is 5.24. The molecule has 1 fully saturated rings. The number of hydrogen-bond donors (Lipinski definition) is 0. The minimum absolute atomic E-state index is 0.714. The third-order valence-electron chi connectivity index (χ3n) is 2.85. The summed E-state index contributed by atoms with van der Waals surface area (Å²) < 4.78 is 25.5. The number of ether oxygens (including phenoxy) is 5. The van der Waals surface area contributed by atoms with Crippen LogP contribution in [0.3, 0.4) is 0 Å². The Morgan fingerprint density at radius 3 is 1.58 bits per heavy atom. The molecule has 1 heterocycles. The van der Waals surface area contributed by atoms with Gasteiger partial charge in [-0.25, -0.2) is 0 Å². The molecule has 0 amide bonds. The molecular weight excluding hydrogens is 324 g/mol. The van der Waals surface area contributed by atoms with Crippen LogP contribution in [-0.4, -0.2) is 54.6 Å². The second-order valence-corrected chi connectivity index (χ2v) is 4.92. The van der Waals surface area contributed by atoms with E-state index in [-0.39, 0.29) is 0 Å². The molecule has 1 aliphatic heterocycles. The van der Waals surface area contributed by atoms with Crippen molar-refractivity contribution in [2.24, 2.45) is 0 Å². The fourth-order valence-electron chi connectivity index (χ4n) is 2.17. The summed E-state index contributed by atoms with van der Waals surface area (Å²) in [4.78, 5) is 45.3. The van der Waals surface area contributed by atoms with Crippen molar-refractivity contribution in [3.05, 3.63) is 0 Å². The Hall–Kier alpha value is -2.60. The summed E-state index contributed by atoms with van der Waals surface area (Å²) in [6.07, 6.45) is -1.18. The summed E-state index contributed by atoms with van der Waals surface area (Å²) >= 11 is 0. The smallest absolute Gasteiger partial charge is 0.305 e. The molecule has 0 aromatic heterocycles. The maximum absolute atomic E-state index is 11.4. The van der Waals surface area contributed by atoms with Gasteiger partial charge in [-0.2, -0.15) is 0 Å². The molecular formula is C15H18O9. The highest BCUT2D eigenvalue weighted by atomic mass is 16.7. The molecule has 0 spiro atoms. The minimum atomic E-state index is -1.43. The molecule has 0 N–H and O–H groups in total. The zero-order valence-electron chi connectivity index (χ0n) is 13.6. The molecule has 0 radical (unpaired) electrons. The van der Waals surface area contributed by atoms with E-state index in [1.807, 2.05) is 0 Å². The number of carbonyl (C=O) groups is 4. The molecule has 0 aromatic rings. The van der Waals surface area contributed by atoms with Gasteiger partial charge in [0.1, 0.15) is 0 Å². The van der Waals surface area contributed by atoms with E-state index in [4.69, 9.17) is 30.1 Å². The summed E-state index contributed by atoms with van der Waals surface area (Å²) in [7, 11) is 0. The average molecular weight is 342 g/mol. The maximum Gasteiger partial charge on any atom is 0.305 e. The quantitative estimate of drug-likeness (QED) is 0.386. The van der Waals surface area contributed by atoms with Crippen molar-refractivity contribution >= 4 is 23.9 Å². The summed E-state index contributed by atoms with van der Waals surface area (Å²) in [5, 5.41) is 0. The standard InChI is InChI=1S/C15H18O9/c1-6-11-12(20-7(2)16)13(21-8(3)17)14(22-9(4)18)15(24-11)23-10(5)19/h1,11-15H,2-5H3/t11?,12-,13-,14+,15?/m1/s1. The number of hydrogen-bond acceptors (Lipinski definition) is 9. The fourth-order valence-corrected chi connectivity index (χ4v) is 2.17. The lowest BCUT2D eigenvalue weighted by Crippen LogP contribution is -2.61. The van der Waals surface area contributed by atoms with Crippen molar-refractivity contribution in [3.63, 3.8) is 0 Å². The predicted molar refractivity (Wildman–Crippen MR) is 75.9 cm³/mol. The molecule has 0 aliphatic carbocycles. The molecule has 9 nitrogen and oxygen atoms in total. The van der Waals surface area contributed by atoms with Gasteiger partial charge in [-0.1, -0.05) is 5.92 Å². The van der Waals surface area contributed by atoms with Gasteiger partial charge >= 0.3 is 23.9 Å². The Morgan fingerprint density at radius 2 is 1.17 bits per heavy atom. The van der Waals surface area contributed by atoms with Crippen LogP contribution in [0.1, 0.15) is 27.7 Å². The largest absolute Gasteiger partial charge is 0.455 e. The van der Waals surface area contributed by atoms with E-state index in [1.165, 1.54) is 0 Å². The molecule has 0 saturated carbocycles. The highest BCUT2D eigenvalue weighted by molar-refractivity contribution is 5.69. The lowest BCUT2D eigenvalue weighted by Gasteiger charge is -2.42. The highest BCUT2D eigenvalue weighted by Gasteiger charge is 2.52. The van der Waals surface area contributed by atoms with Crippen molar-refractivity contribution in [1.29, 1.82) is 0 Å². The second-order valence-electron chi connectivity index (χ2n) is 4.92. The Morgan fingerprint density at radius 1 is 0.750 bits per heavy atom. The van der Waals surface area contributed by atoms with Crippen molar-refractivity contribution < 1.29 is 42.9 Å². The van der Waals surface area contributed by atoms with Crippen molar-refractivity contribution in [2.75, 3.05) is 0 Å². The number of carbonyl (C=O) groups excluding carboxylic acids is 4. The van der Waals surface area contributed by atoms with Crippen LogP contribution in [0.15, 0.2) is 0 Å². The molecule has 1 aliphatic rings. The molecule has 1 rings (SSSR count). The first-order chi connectivity index (χ1) is 11.1. The molecule has 0 aromatic carbocycles. The van der Waals surface area contributed by atoms with Gasteiger partial charge in [0.2, 0.25) is 12.4 Å². The summed E-state index contributed by atoms with van der Waals surface area (Å²) in [6, 6.07) is 0. The van der Waals surface area contributed by atoms with Crippen LogP contribution >= 0.6 is 0 Å². The van der Waals surface area contributed by atoms with Gasteiger partial charge in [-0.05, 0) is 0 Å². The Kier molecular flexibility index (Phi) is 6.73. The third-order valence-corrected chi connectivity index (χ3v) is 2.85. The van der Waals surface area contributed by atoms with Gasteiger partial charge in [0.25, 0.3) is 0 Å². The zero-order valence-corrected chi connectivity index (χ0v) is 13.6. The molecule has 24 heavy (non-hydrogen) atoms. The van der Waals surface area contributed by atoms with Gasteiger partial charge < -0.3 is 23.7 Å². The molecule has 9 heteroatoms. The summed E-state index contributed by atoms with van der Waals surface area (Å²) in [6.45, 7) is 4.44. The maximum atomic E-state index is 11.4. The predicted octanol–water partition coefficient (Wildman–Crippen LogP) is -0.297. The van der Waals surface area contributed by atoms with Crippen molar-refractivity contribution in [3.8, 4) is 12.3 Å². The zero-order chi connectivity index (χ0) is 18.4. The van der Waals surface area contributed by atoms with Gasteiger partial charge in [-0.3, -0.25) is 19.2 Å². The first-order valence-electron chi connectivity index (χ1n) is 6.96. The topological polar surface area (TPSA) is 114 Å². The van der Waals surface area contributed by atoms with Crippen molar-refractivity contribution in [1.82, 2.24) is 0 Å². The van der Waals surface area contributed by atoms with Gasteiger partial charge in [0, 0.05) is 27.7 Å². The lowest BCUT2D eigenvalue weighted by atomic mass is 9.98. The van der Waals surface area contributed by atoms with Gasteiger partial charge in [0.05, 0.1) is 0 Å². The van der Waals surface area contributed by atoms with Crippen molar-refractivity contribution in [2.45, 2.75) is 58.4 Å². The Balaban J connectivity index is 3.26. The van der Waals surface area contributed by atoms with E-state index in [0.29, 0.717) is 0 Å². The molecule has 132 valence electrons. The Bertz CT molecular complexity index is 562. The van der Waals surface area contributed by atoms with Crippen LogP contribution in [-0.2, 0) is 42.9 Å². The molecule has 0 bridgehead atoms. The van der Waals surface area contributed by atoms with E-state index in [1.54, 1.807) is 0 Å². The summed E-state index contributed by atoms with van der Waals surface area (Å²) in [5.74, 6) is -0.726. The van der Waals surface area contributed by atoms with Crippen LogP contribution in [0.5, 0.6) is 0 Å². The van der Waals surface area contributed by atoms with Crippen LogP contribution in [0.4, 0.5) is 0 Å². The molecule has 2 unspecified atom stereocenters. The van der Waals surface area contributed by atoms with Crippen LogP contribution < -0.4 is 0 Å². The lowest BCUT2D eigenvalue weighted by molar-refractivity contribution is -0.286. The van der Waals surface area contributed by atoms with E-state index in [0.717, 1.165) is 27.7 Å². The van der Waals surface area contributed by atoms with Crippen LogP contribution in [0.2, 0.25) is 0 Å². The van der Waals surface area contributed by atoms with Crippen LogP contribution in [0, 0.1) is 12.3 Å². The average Bonchev–Trinajstić information content (AvgIpc) is 2.42. The highest BCUT2D eigenvalue weighted by Crippen LogP contribution is 2.29. The number of esters is 4. The Labute approximate surface area is 138 Å². The van der Waals surface area contributed by atoms with Crippen LogP contribution in [0.25, 0.3) is 0 Å². The van der Waals surface area contributed by atoms with E-state index >= 15 is 0 Å². The van der Waals surface area contributed by atoms with E-state index in [2.05, 4.69) is 5.92 Å². The fraction of sp³-hybridized carbons (Fsp3) is 0.600. The first-order valence-corrected chi connectivity index (χ1v) is 6.96. The summed E-state index contributed by atoms with van der Waals surface area (Å²) in [5.41, 5.74) is 0. The van der Waals surface area contributed by atoms with Gasteiger partial charge in [-0.15, -0.1) is 6.42 Å². The SMILES string of the molecule is C#CC1OC(OC(C)=O)[C@@H](OC(C)=O)[C@H](OC(C)=O)[C@@H]1OC(C)=O. The second kappa shape index (κ2) is 8.31. The van der Waals surface area contributed by atoms with Gasteiger partial charge in [0.15, 0.2) is 18.3 Å². The number of terminal acetylenes is 1. The monoisotopic (exact) mass is 342 g/mol. The van der Waals surface area contributed by atoms with E-state index in [9.17, 15) is 19.2 Å². The first kappa shape index (κ1) is 19.4. The normalized spacial score (nSPS) is 28.9. The number of rotatable bonds is 4. The van der Waals surface area contributed by atoms with E-state index < -0.39 is 54.6 Å².